The van der Waals surface area contributed by atoms with E-state index in [4.69, 9.17) is 4.42 Å². The maximum atomic E-state index is 12.0. The Morgan fingerprint density at radius 2 is 1.86 bits per heavy atom. The Hall–Kier alpha value is -1.51. The first-order valence-corrected chi connectivity index (χ1v) is 8.18. The maximum Gasteiger partial charge on any atom is 0.322 e. The highest BCUT2D eigenvalue weighted by atomic mass is 79.9. The number of anilines is 1. The number of nitrogens with one attached hydrogen (secondary N) is 1. The molecule has 1 aromatic carbocycles. The van der Waals surface area contributed by atoms with Gasteiger partial charge >= 0.3 is 6.01 Å². The molecule has 0 aliphatic heterocycles. The number of hydrogen-bond acceptors (Lipinski definition) is 5. The van der Waals surface area contributed by atoms with Crippen LogP contribution in [-0.2, 0) is 0 Å². The molecule has 0 bridgehead atoms. The van der Waals surface area contributed by atoms with Crippen LogP contribution in [0.2, 0.25) is 0 Å². The number of benzene rings is 1. The van der Waals surface area contributed by atoms with E-state index in [0.717, 1.165) is 13.1 Å². The first-order valence-electron chi connectivity index (χ1n) is 5.78. The van der Waals surface area contributed by atoms with E-state index in [-0.39, 0.29) is 11.9 Å². The van der Waals surface area contributed by atoms with Crippen LogP contribution >= 0.6 is 43.2 Å². The highest BCUT2D eigenvalue weighted by Gasteiger charge is 2.13. The molecular weight excluding hydrogens is 422 g/mol. The van der Waals surface area contributed by atoms with Crippen molar-refractivity contribution in [2.24, 2.45) is 0 Å². The third kappa shape index (κ3) is 3.39. The van der Waals surface area contributed by atoms with Crippen LogP contribution in [0.3, 0.4) is 0 Å². The van der Waals surface area contributed by atoms with Crippen molar-refractivity contribution in [1.82, 2.24) is 10.2 Å². The molecule has 2 aromatic heterocycles. The van der Waals surface area contributed by atoms with E-state index >= 15 is 0 Å². The number of amides is 1. The van der Waals surface area contributed by atoms with E-state index in [1.807, 2.05) is 12.1 Å². The van der Waals surface area contributed by atoms with Gasteiger partial charge in [-0.15, -0.1) is 16.4 Å². The van der Waals surface area contributed by atoms with Gasteiger partial charge in [0.05, 0.1) is 8.66 Å². The average molecular weight is 429 g/mol. The molecule has 1 N–H and O–H groups in total. The normalized spacial score (nSPS) is 10.6. The molecule has 0 aliphatic rings. The number of hydrogen-bond donors (Lipinski definition) is 1. The lowest BCUT2D eigenvalue weighted by Gasteiger charge is -2.00. The van der Waals surface area contributed by atoms with Crippen LogP contribution in [0.1, 0.15) is 10.4 Å². The number of nitrogens with zero attached hydrogens (tertiary/aromatic N) is 2. The van der Waals surface area contributed by atoms with Crippen LogP contribution in [0.25, 0.3) is 10.8 Å². The Bertz CT molecular complexity index is 783. The topological polar surface area (TPSA) is 68.0 Å². The van der Waals surface area contributed by atoms with E-state index in [9.17, 15) is 4.79 Å². The Balaban J connectivity index is 1.75. The predicted octanol–water partition coefficient (Wildman–Crippen LogP) is 4.58. The molecule has 2 heterocycles. The summed E-state index contributed by atoms with van der Waals surface area (Å²) in [5.41, 5.74) is 0.511. The quantitative estimate of drug-likeness (QED) is 0.663. The second kappa shape index (κ2) is 6.08. The minimum atomic E-state index is -0.301. The van der Waals surface area contributed by atoms with Gasteiger partial charge in [-0.05, 0) is 52.3 Å². The third-order valence-corrected chi connectivity index (χ3v) is 4.68. The molecule has 8 heteroatoms. The number of rotatable bonds is 3. The Labute approximate surface area is 140 Å². The second-order valence-electron chi connectivity index (χ2n) is 3.98. The fourth-order valence-electron chi connectivity index (χ4n) is 1.57. The van der Waals surface area contributed by atoms with Crippen molar-refractivity contribution >= 4 is 55.1 Å². The molecule has 0 radical (unpaired) electrons. The molecule has 0 atom stereocenters. The number of carbonyl (C=O) groups is 1. The summed E-state index contributed by atoms with van der Waals surface area (Å²) in [7, 11) is 0. The van der Waals surface area contributed by atoms with Gasteiger partial charge in [0.15, 0.2) is 0 Å². The average Bonchev–Trinajstić information content (AvgIpc) is 3.08. The monoisotopic (exact) mass is 427 g/mol. The van der Waals surface area contributed by atoms with E-state index in [1.165, 1.54) is 11.3 Å². The summed E-state index contributed by atoms with van der Waals surface area (Å²) in [6, 6.07) is 10.8. The van der Waals surface area contributed by atoms with Crippen LogP contribution in [0, 0.1) is 0 Å². The molecule has 21 heavy (non-hydrogen) atoms. The molecule has 106 valence electrons. The zero-order valence-corrected chi connectivity index (χ0v) is 14.3. The minimum Gasteiger partial charge on any atom is -0.402 e. The van der Waals surface area contributed by atoms with Gasteiger partial charge in [0.25, 0.3) is 11.8 Å². The molecule has 0 saturated carbocycles. The molecule has 0 aliphatic carbocycles. The molecule has 0 spiro atoms. The molecule has 3 rings (SSSR count). The van der Waals surface area contributed by atoms with Crippen molar-refractivity contribution < 1.29 is 9.21 Å². The molecule has 3 aromatic rings. The number of carbonyl (C=O) groups excluding carboxylic acids is 1. The zero-order valence-electron chi connectivity index (χ0n) is 10.3. The van der Waals surface area contributed by atoms with E-state index in [0.29, 0.717) is 11.5 Å². The Kier molecular flexibility index (Phi) is 4.18. The van der Waals surface area contributed by atoms with Crippen molar-refractivity contribution in [3.05, 3.63) is 50.2 Å². The summed E-state index contributed by atoms with van der Waals surface area (Å²) in [6.45, 7) is 0. The van der Waals surface area contributed by atoms with Crippen LogP contribution < -0.4 is 5.32 Å². The minimum absolute atomic E-state index is 0.0717. The van der Waals surface area contributed by atoms with E-state index < -0.39 is 0 Å². The predicted molar refractivity (Wildman–Crippen MR) is 87.4 cm³/mol. The molecule has 0 fully saturated rings. The summed E-state index contributed by atoms with van der Waals surface area (Å²) in [6.07, 6.45) is 0. The highest BCUT2D eigenvalue weighted by molar-refractivity contribution is 9.11. The van der Waals surface area contributed by atoms with Crippen molar-refractivity contribution in [1.29, 1.82) is 0 Å². The zero-order chi connectivity index (χ0) is 14.8. The SMILES string of the molecule is O=C(Nc1nnc(-c2ccc(Br)s2)o1)c1ccc(Br)cc1. The molecule has 5 nitrogen and oxygen atoms in total. The molecule has 0 saturated heterocycles. The maximum absolute atomic E-state index is 12.0. The Morgan fingerprint density at radius 3 is 2.52 bits per heavy atom. The number of halogens is 2. The molecular formula is C13H7Br2N3O2S. The third-order valence-electron chi connectivity index (χ3n) is 2.54. The van der Waals surface area contributed by atoms with Gasteiger partial charge in [-0.3, -0.25) is 10.1 Å². The lowest BCUT2D eigenvalue weighted by atomic mass is 10.2. The fraction of sp³-hybridized carbons (Fsp3) is 0. The van der Waals surface area contributed by atoms with Gasteiger partial charge < -0.3 is 4.42 Å². The van der Waals surface area contributed by atoms with Gasteiger partial charge in [-0.2, -0.15) is 0 Å². The number of thiophene rings is 1. The van der Waals surface area contributed by atoms with Crippen LogP contribution in [0.15, 0.2) is 49.1 Å². The first-order chi connectivity index (χ1) is 10.1. The van der Waals surface area contributed by atoms with E-state index in [2.05, 4.69) is 47.4 Å². The largest absolute Gasteiger partial charge is 0.402 e. The summed E-state index contributed by atoms with van der Waals surface area (Å²) in [5, 5.41) is 10.3. The molecule has 1 amide bonds. The lowest BCUT2D eigenvalue weighted by molar-refractivity contribution is 0.102. The highest BCUT2D eigenvalue weighted by Crippen LogP contribution is 2.31. The van der Waals surface area contributed by atoms with Crippen molar-refractivity contribution in [2.75, 3.05) is 5.32 Å². The van der Waals surface area contributed by atoms with Crippen LogP contribution in [0.5, 0.6) is 0 Å². The standard InChI is InChI=1S/C13H7Br2N3O2S/c14-8-3-1-7(2-4-8)11(19)16-13-18-17-12(20-13)9-5-6-10(15)21-9/h1-6H,(H,16,18,19). The smallest absolute Gasteiger partial charge is 0.322 e. The van der Waals surface area contributed by atoms with Gasteiger partial charge in [-0.25, -0.2) is 0 Å². The Morgan fingerprint density at radius 1 is 1.10 bits per heavy atom. The summed E-state index contributed by atoms with van der Waals surface area (Å²) >= 11 is 8.16. The van der Waals surface area contributed by atoms with Crippen molar-refractivity contribution in [3.63, 3.8) is 0 Å². The number of aromatic nitrogens is 2. The lowest BCUT2D eigenvalue weighted by Crippen LogP contribution is -2.11. The van der Waals surface area contributed by atoms with Crippen LogP contribution in [0.4, 0.5) is 6.01 Å². The fourth-order valence-corrected chi connectivity index (χ4v) is 3.14. The van der Waals surface area contributed by atoms with Crippen LogP contribution in [-0.4, -0.2) is 16.1 Å². The van der Waals surface area contributed by atoms with E-state index in [1.54, 1.807) is 24.3 Å². The van der Waals surface area contributed by atoms with Crippen molar-refractivity contribution in [3.8, 4) is 10.8 Å². The van der Waals surface area contributed by atoms with Gasteiger partial charge in [0, 0.05) is 10.0 Å². The summed E-state index contributed by atoms with van der Waals surface area (Å²) < 4.78 is 7.30. The van der Waals surface area contributed by atoms with Gasteiger partial charge in [-0.1, -0.05) is 21.0 Å². The van der Waals surface area contributed by atoms with Gasteiger partial charge in [0.2, 0.25) is 0 Å². The second-order valence-corrected chi connectivity index (χ2v) is 7.36. The summed E-state index contributed by atoms with van der Waals surface area (Å²) in [5.74, 6) is 0.0712. The van der Waals surface area contributed by atoms with Gasteiger partial charge in [0.1, 0.15) is 0 Å². The van der Waals surface area contributed by atoms with Crippen molar-refractivity contribution in [2.45, 2.75) is 0 Å². The molecule has 0 unspecified atom stereocenters. The first kappa shape index (κ1) is 14.4. The summed E-state index contributed by atoms with van der Waals surface area (Å²) in [4.78, 5) is 12.8.